The Balaban J connectivity index is 2.18. The van der Waals surface area contributed by atoms with Gasteiger partial charge < -0.3 is 4.57 Å². The van der Waals surface area contributed by atoms with Crippen molar-refractivity contribution in [1.82, 2.24) is 14.5 Å². The lowest BCUT2D eigenvalue weighted by atomic mass is 10.1. The lowest BCUT2D eigenvalue weighted by molar-refractivity contribution is 0.100. The molecule has 0 aliphatic heterocycles. The van der Waals surface area contributed by atoms with Crippen LogP contribution in [0.5, 0.6) is 0 Å². The molecule has 0 bridgehead atoms. The molecule has 2 heterocycles. The fraction of sp³-hybridized carbons (Fsp3) is 0.125. The van der Waals surface area contributed by atoms with E-state index in [2.05, 4.69) is 16.0 Å². The van der Waals surface area contributed by atoms with E-state index in [1.807, 2.05) is 24.3 Å². The van der Waals surface area contributed by atoms with Crippen LogP contribution in [0.3, 0.4) is 0 Å². The smallest absolute Gasteiger partial charge is 0.195 e. The molecule has 0 fully saturated rings. The predicted molar refractivity (Wildman–Crippen MR) is 77.8 cm³/mol. The number of Topliss-reactive ketones (excluding diaryl/α,β-unsaturated/α-hetero) is 1. The molecule has 0 spiro atoms. The van der Waals surface area contributed by atoms with Crippen molar-refractivity contribution in [3.8, 4) is 6.07 Å². The molecule has 102 valence electrons. The number of benzene rings is 1. The first kappa shape index (κ1) is 13.0. The van der Waals surface area contributed by atoms with Crippen molar-refractivity contribution in [3.63, 3.8) is 0 Å². The topological polar surface area (TPSA) is 71.6 Å². The van der Waals surface area contributed by atoms with Gasteiger partial charge in [0.1, 0.15) is 5.52 Å². The van der Waals surface area contributed by atoms with Crippen LogP contribution < -0.4 is 0 Å². The second kappa shape index (κ2) is 5.17. The summed E-state index contributed by atoms with van der Waals surface area (Å²) in [6, 6.07) is 13.1. The van der Waals surface area contributed by atoms with Gasteiger partial charge in [-0.2, -0.15) is 5.26 Å². The molecule has 0 radical (unpaired) electrons. The molecule has 5 heteroatoms. The van der Waals surface area contributed by atoms with Crippen LogP contribution in [0.2, 0.25) is 0 Å². The summed E-state index contributed by atoms with van der Waals surface area (Å²) in [6.45, 7) is 1.88. The van der Waals surface area contributed by atoms with E-state index in [-0.39, 0.29) is 5.78 Å². The van der Waals surface area contributed by atoms with Gasteiger partial charge in [0, 0.05) is 13.1 Å². The summed E-state index contributed by atoms with van der Waals surface area (Å²) in [7, 11) is 0. The van der Waals surface area contributed by atoms with E-state index in [0.29, 0.717) is 29.1 Å². The summed E-state index contributed by atoms with van der Waals surface area (Å²) in [5.74, 6) is 0.235. The van der Waals surface area contributed by atoms with E-state index >= 15 is 0 Å². The Morgan fingerprint density at radius 3 is 2.86 bits per heavy atom. The zero-order chi connectivity index (χ0) is 14.8. The Morgan fingerprint density at radius 1 is 1.29 bits per heavy atom. The molecular formula is C16H12N4O. The molecule has 0 unspecified atom stereocenters. The Morgan fingerprint density at radius 2 is 2.10 bits per heavy atom. The van der Waals surface area contributed by atoms with Gasteiger partial charge in [-0.25, -0.2) is 9.97 Å². The number of nitrogens with zero attached hydrogens (tertiary/aromatic N) is 4. The minimum Gasteiger partial charge on any atom is -0.302 e. The summed E-state index contributed by atoms with van der Waals surface area (Å²) >= 11 is 0. The number of hydrogen-bond donors (Lipinski definition) is 0. The standard InChI is InChI=1S/C16H12N4O/c1-11(21)15-19-14-7-4-8-18-16(14)20(15)10-13-6-3-2-5-12(13)9-17/h2-8H,10H2,1H3. The largest absolute Gasteiger partial charge is 0.302 e. The molecule has 0 aliphatic carbocycles. The van der Waals surface area contributed by atoms with E-state index in [9.17, 15) is 10.1 Å². The van der Waals surface area contributed by atoms with Gasteiger partial charge in [-0.05, 0) is 23.8 Å². The van der Waals surface area contributed by atoms with Crippen LogP contribution in [0, 0.1) is 11.3 Å². The molecule has 2 aromatic heterocycles. The quantitative estimate of drug-likeness (QED) is 0.689. The molecule has 0 atom stereocenters. The maximum absolute atomic E-state index is 11.8. The fourth-order valence-corrected chi connectivity index (χ4v) is 2.31. The second-order valence-corrected chi connectivity index (χ2v) is 4.69. The minimum atomic E-state index is -0.123. The number of nitriles is 1. The van der Waals surface area contributed by atoms with Gasteiger partial charge in [-0.15, -0.1) is 0 Å². The number of ketones is 1. The first-order valence-corrected chi connectivity index (χ1v) is 6.51. The van der Waals surface area contributed by atoms with Gasteiger partial charge in [0.05, 0.1) is 18.2 Å². The highest BCUT2D eigenvalue weighted by Crippen LogP contribution is 2.18. The van der Waals surface area contributed by atoms with Crippen LogP contribution in [0.1, 0.15) is 28.7 Å². The molecule has 3 aromatic rings. The molecule has 0 saturated heterocycles. The van der Waals surface area contributed by atoms with Gasteiger partial charge >= 0.3 is 0 Å². The first-order chi connectivity index (χ1) is 10.2. The lowest BCUT2D eigenvalue weighted by Gasteiger charge is -2.08. The molecule has 0 N–H and O–H groups in total. The van der Waals surface area contributed by atoms with Crippen molar-refractivity contribution < 1.29 is 4.79 Å². The third kappa shape index (κ3) is 2.28. The number of pyridine rings is 1. The molecule has 0 amide bonds. The van der Waals surface area contributed by atoms with Crippen LogP contribution in [0.4, 0.5) is 0 Å². The van der Waals surface area contributed by atoms with E-state index in [4.69, 9.17) is 0 Å². The lowest BCUT2D eigenvalue weighted by Crippen LogP contribution is -2.10. The molecular weight excluding hydrogens is 264 g/mol. The van der Waals surface area contributed by atoms with Gasteiger partial charge in [-0.3, -0.25) is 4.79 Å². The Kier molecular flexibility index (Phi) is 3.20. The van der Waals surface area contributed by atoms with Gasteiger partial charge in [-0.1, -0.05) is 18.2 Å². The van der Waals surface area contributed by atoms with Crippen molar-refractivity contribution in [1.29, 1.82) is 5.26 Å². The fourth-order valence-electron chi connectivity index (χ4n) is 2.31. The van der Waals surface area contributed by atoms with Crippen molar-refractivity contribution in [2.75, 3.05) is 0 Å². The predicted octanol–water partition coefficient (Wildman–Crippen LogP) is 2.55. The minimum absolute atomic E-state index is 0.123. The second-order valence-electron chi connectivity index (χ2n) is 4.69. The number of rotatable bonds is 3. The number of carbonyl (C=O) groups excluding carboxylic acids is 1. The molecule has 3 rings (SSSR count). The zero-order valence-electron chi connectivity index (χ0n) is 11.4. The van der Waals surface area contributed by atoms with Crippen molar-refractivity contribution in [3.05, 3.63) is 59.5 Å². The van der Waals surface area contributed by atoms with Crippen LogP contribution in [-0.4, -0.2) is 20.3 Å². The van der Waals surface area contributed by atoms with E-state index in [1.165, 1.54) is 6.92 Å². The Hall–Kier alpha value is -3.00. The van der Waals surface area contributed by atoms with Gasteiger partial charge in [0.25, 0.3) is 0 Å². The number of imidazole rings is 1. The van der Waals surface area contributed by atoms with E-state index < -0.39 is 0 Å². The summed E-state index contributed by atoms with van der Waals surface area (Å²) < 4.78 is 1.76. The van der Waals surface area contributed by atoms with Crippen LogP contribution in [0.15, 0.2) is 42.6 Å². The number of hydrogen-bond acceptors (Lipinski definition) is 4. The zero-order valence-corrected chi connectivity index (χ0v) is 11.4. The monoisotopic (exact) mass is 276 g/mol. The van der Waals surface area contributed by atoms with Gasteiger partial charge in [0.2, 0.25) is 0 Å². The maximum atomic E-state index is 11.8. The summed E-state index contributed by atoms with van der Waals surface area (Å²) in [5, 5.41) is 9.18. The van der Waals surface area contributed by atoms with E-state index in [0.717, 1.165) is 5.56 Å². The summed E-state index contributed by atoms with van der Waals surface area (Å²) in [5.41, 5.74) is 2.75. The highest BCUT2D eigenvalue weighted by atomic mass is 16.1. The molecule has 1 aromatic carbocycles. The normalized spacial score (nSPS) is 10.5. The SMILES string of the molecule is CC(=O)c1nc2cccnc2n1Cc1ccccc1C#N. The van der Waals surface area contributed by atoms with Crippen LogP contribution in [-0.2, 0) is 6.54 Å². The third-order valence-electron chi connectivity index (χ3n) is 3.28. The summed E-state index contributed by atoms with van der Waals surface area (Å²) in [6.07, 6.45) is 1.67. The van der Waals surface area contributed by atoms with Crippen LogP contribution in [0.25, 0.3) is 11.2 Å². The third-order valence-corrected chi connectivity index (χ3v) is 3.28. The summed E-state index contributed by atoms with van der Waals surface area (Å²) in [4.78, 5) is 20.4. The molecule has 21 heavy (non-hydrogen) atoms. The number of carbonyl (C=O) groups is 1. The number of fused-ring (bicyclic) bond motifs is 1. The molecule has 0 saturated carbocycles. The highest BCUT2D eigenvalue weighted by Gasteiger charge is 2.16. The Bertz CT molecular complexity index is 873. The highest BCUT2D eigenvalue weighted by molar-refractivity contribution is 5.94. The molecule has 5 nitrogen and oxygen atoms in total. The molecule has 0 aliphatic rings. The van der Waals surface area contributed by atoms with Crippen molar-refractivity contribution in [2.45, 2.75) is 13.5 Å². The number of aromatic nitrogens is 3. The van der Waals surface area contributed by atoms with Crippen LogP contribution >= 0.6 is 0 Å². The van der Waals surface area contributed by atoms with E-state index in [1.54, 1.807) is 22.9 Å². The maximum Gasteiger partial charge on any atom is 0.195 e. The first-order valence-electron chi connectivity index (χ1n) is 6.51. The Labute approximate surface area is 121 Å². The average Bonchev–Trinajstić information content (AvgIpc) is 2.87. The van der Waals surface area contributed by atoms with Gasteiger partial charge in [0.15, 0.2) is 17.3 Å². The average molecular weight is 276 g/mol. The van der Waals surface area contributed by atoms with Crippen molar-refractivity contribution in [2.24, 2.45) is 0 Å². The van der Waals surface area contributed by atoms with Crippen molar-refractivity contribution >= 4 is 16.9 Å².